The first-order chi connectivity index (χ1) is 12.2. The summed E-state index contributed by atoms with van der Waals surface area (Å²) in [7, 11) is 0. The predicted octanol–water partition coefficient (Wildman–Crippen LogP) is 2.09. The highest BCUT2D eigenvalue weighted by Gasteiger charge is 2.42. The lowest BCUT2D eigenvalue weighted by Gasteiger charge is -2.35. The van der Waals surface area contributed by atoms with Crippen molar-refractivity contribution in [1.82, 2.24) is 24.9 Å². The number of nitrogens with zero attached hydrogens (tertiary/aromatic N) is 4. The second kappa shape index (κ2) is 6.58. The molecule has 3 rings (SSSR count). The molecule has 1 saturated heterocycles. The van der Waals surface area contributed by atoms with Crippen molar-refractivity contribution in [3.05, 3.63) is 39.9 Å². The maximum absolute atomic E-state index is 13.7. The molecule has 0 bridgehead atoms. The summed E-state index contributed by atoms with van der Waals surface area (Å²) >= 11 is 0. The van der Waals surface area contributed by atoms with Gasteiger partial charge in [0.2, 0.25) is 0 Å². The summed E-state index contributed by atoms with van der Waals surface area (Å²) in [6, 6.07) is 2.15. The number of aromatic nitrogens is 4. The average molecular weight is 369 g/mol. The van der Waals surface area contributed by atoms with Gasteiger partial charge in [-0.3, -0.25) is 9.59 Å². The SMILES string of the molecule is C[C@H]1C[C@H](C)CN(C(=O)c2cnn(-c3ccc(=O)[nH]n3)c2C(F)(F)F)C1. The number of piperidine rings is 1. The smallest absolute Gasteiger partial charge is 0.338 e. The average Bonchev–Trinajstić information content (AvgIpc) is 2.99. The van der Waals surface area contributed by atoms with E-state index < -0.39 is 28.9 Å². The van der Waals surface area contributed by atoms with Crippen molar-refractivity contribution in [2.24, 2.45) is 11.8 Å². The van der Waals surface area contributed by atoms with E-state index in [1.165, 1.54) is 4.90 Å². The second-order valence-corrected chi connectivity index (χ2v) is 6.75. The van der Waals surface area contributed by atoms with E-state index in [0.717, 1.165) is 24.8 Å². The minimum atomic E-state index is -4.81. The molecule has 140 valence electrons. The third-order valence-corrected chi connectivity index (χ3v) is 4.31. The Morgan fingerprint density at radius 3 is 2.42 bits per heavy atom. The Hall–Kier alpha value is -2.65. The number of halogens is 3. The van der Waals surface area contributed by atoms with Gasteiger partial charge in [-0.15, -0.1) is 0 Å². The first-order valence-electron chi connectivity index (χ1n) is 8.17. The van der Waals surface area contributed by atoms with Gasteiger partial charge < -0.3 is 4.90 Å². The molecule has 1 fully saturated rings. The van der Waals surface area contributed by atoms with Gasteiger partial charge in [-0.2, -0.15) is 23.4 Å². The van der Waals surface area contributed by atoms with Crippen molar-refractivity contribution in [2.75, 3.05) is 13.1 Å². The molecule has 2 aromatic heterocycles. The van der Waals surface area contributed by atoms with Gasteiger partial charge in [-0.05, 0) is 24.3 Å². The van der Waals surface area contributed by atoms with Crippen LogP contribution in [0.4, 0.5) is 13.2 Å². The van der Waals surface area contributed by atoms with Crippen LogP contribution in [0.2, 0.25) is 0 Å². The lowest BCUT2D eigenvalue weighted by atomic mass is 9.91. The van der Waals surface area contributed by atoms with Crippen LogP contribution in [0.15, 0.2) is 23.1 Å². The van der Waals surface area contributed by atoms with Gasteiger partial charge in [-0.25, -0.2) is 9.78 Å². The Balaban J connectivity index is 2.03. The fraction of sp³-hybridized carbons (Fsp3) is 0.500. The van der Waals surface area contributed by atoms with Gasteiger partial charge in [0, 0.05) is 19.2 Å². The molecule has 0 saturated carbocycles. The Morgan fingerprint density at radius 1 is 1.23 bits per heavy atom. The van der Waals surface area contributed by atoms with Crippen LogP contribution in [0.1, 0.15) is 36.3 Å². The van der Waals surface area contributed by atoms with Crippen molar-refractivity contribution >= 4 is 5.91 Å². The van der Waals surface area contributed by atoms with Crippen molar-refractivity contribution in [1.29, 1.82) is 0 Å². The molecule has 3 heterocycles. The molecule has 1 amide bonds. The molecule has 1 aliphatic heterocycles. The van der Waals surface area contributed by atoms with Gasteiger partial charge in [0.25, 0.3) is 11.5 Å². The number of aromatic amines is 1. The molecule has 0 spiro atoms. The molecule has 0 unspecified atom stereocenters. The van der Waals surface area contributed by atoms with Gasteiger partial charge in [0.05, 0.1) is 11.8 Å². The highest BCUT2D eigenvalue weighted by molar-refractivity contribution is 5.95. The Morgan fingerprint density at radius 2 is 1.88 bits per heavy atom. The molecule has 2 aromatic rings. The summed E-state index contributed by atoms with van der Waals surface area (Å²) in [6.07, 6.45) is -2.98. The number of carbonyl (C=O) groups is 1. The van der Waals surface area contributed by atoms with Crippen LogP contribution in [-0.2, 0) is 6.18 Å². The lowest BCUT2D eigenvalue weighted by Crippen LogP contribution is -2.43. The van der Waals surface area contributed by atoms with E-state index in [-0.39, 0.29) is 17.7 Å². The van der Waals surface area contributed by atoms with Gasteiger partial charge >= 0.3 is 6.18 Å². The van der Waals surface area contributed by atoms with Crippen LogP contribution >= 0.6 is 0 Å². The second-order valence-electron chi connectivity index (χ2n) is 6.75. The number of hydrogen-bond acceptors (Lipinski definition) is 4. The van der Waals surface area contributed by atoms with Crippen LogP contribution < -0.4 is 5.56 Å². The first kappa shape index (κ1) is 18.2. The van der Waals surface area contributed by atoms with Crippen LogP contribution in [0, 0.1) is 11.8 Å². The summed E-state index contributed by atoms with van der Waals surface area (Å²) in [6.45, 7) is 4.74. The molecular weight excluding hydrogens is 351 g/mol. The maximum Gasteiger partial charge on any atom is 0.434 e. The number of amides is 1. The third kappa shape index (κ3) is 3.49. The van der Waals surface area contributed by atoms with E-state index in [9.17, 15) is 22.8 Å². The highest BCUT2D eigenvalue weighted by atomic mass is 19.4. The molecule has 0 aromatic carbocycles. The topological polar surface area (TPSA) is 83.9 Å². The summed E-state index contributed by atoms with van der Waals surface area (Å²) in [5, 5.41) is 9.33. The maximum atomic E-state index is 13.7. The number of hydrogen-bond donors (Lipinski definition) is 1. The van der Waals surface area contributed by atoms with E-state index in [0.29, 0.717) is 17.8 Å². The van der Waals surface area contributed by atoms with E-state index >= 15 is 0 Å². The van der Waals surface area contributed by atoms with Gasteiger partial charge in [0.1, 0.15) is 0 Å². The monoisotopic (exact) mass is 369 g/mol. The van der Waals surface area contributed by atoms with Crippen molar-refractivity contribution < 1.29 is 18.0 Å². The van der Waals surface area contributed by atoms with Crippen LogP contribution in [0.25, 0.3) is 5.82 Å². The normalized spacial score (nSPS) is 21.0. The molecule has 1 aliphatic rings. The molecule has 10 heteroatoms. The zero-order chi connectivity index (χ0) is 19.1. The van der Waals surface area contributed by atoms with Crippen LogP contribution in [0.5, 0.6) is 0 Å². The zero-order valence-corrected chi connectivity index (χ0v) is 14.2. The minimum Gasteiger partial charge on any atom is -0.338 e. The third-order valence-electron chi connectivity index (χ3n) is 4.31. The molecule has 0 aliphatic carbocycles. The minimum absolute atomic E-state index is 0.216. The summed E-state index contributed by atoms with van der Waals surface area (Å²) in [5.41, 5.74) is -2.28. The number of alkyl halides is 3. The number of likely N-dealkylation sites (tertiary alicyclic amines) is 1. The van der Waals surface area contributed by atoms with E-state index in [1.54, 1.807) is 0 Å². The lowest BCUT2D eigenvalue weighted by molar-refractivity contribution is -0.143. The standard InChI is InChI=1S/C16H18F3N5O2/c1-9-5-10(2)8-23(7-9)15(26)11-6-20-24(14(11)16(17,18)19)12-3-4-13(25)22-21-12/h3-4,6,9-10H,5,7-8H2,1-2H3,(H,22,25)/t9-,10-/m0/s1. The Kier molecular flexibility index (Phi) is 4.59. The number of H-pyrrole nitrogens is 1. The zero-order valence-electron chi connectivity index (χ0n) is 14.2. The van der Waals surface area contributed by atoms with Gasteiger partial charge in [-0.1, -0.05) is 13.8 Å². The molecule has 26 heavy (non-hydrogen) atoms. The molecular formula is C16H18F3N5O2. The summed E-state index contributed by atoms with van der Waals surface area (Å²) in [4.78, 5) is 25.3. The Bertz CT molecular complexity index is 843. The largest absolute Gasteiger partial charge is 0.434 e. The summed E-state index contributed by atoms with van der Waals surface area (Å²) < 4.78 is 41.5. The van der Waals surface area contributed by atoms with Crippen molar-refractivity contribution in [3.8, 4) is 5.82 Å². The van der Waals surface area contributed by atoms with Crippen molar-refractivity contribution in [3.63, 3.8) is 0 Å². The highest BCUT2D eigenvalue weighted by Crippen LogP contribution is 2.34. The first-order valence-corrected chi connectivity index (χ1v) is 8.17. The molecule has 0 radical (unpaired) electrons. The number of rotatable bonds is 2. The Labute approximate surface area is 146 Å². The van der Waals surface area contributed by atoms with E-state index in [1.807, 2.05) is 13.8 Å². The quantitative estimate of drug-likeness (QED) is 0.879. The van der Waals surface area contributed by atoms with E-state index in [4.69, 9.17) is 0 Å². The molecule has 7 nitrogen and oxygen atoms in total. The van der Waals surface area contributed by atoms with E-state index in [2.05, 4.69) is 15.3 Å². The fourth-order valence-corrected chi connectivity index (χ4v) is 3.41. The number of carbonyl (C=O) groups excluding carboxylic acids is 1. The van der Waals surface area contributed by atoms with Gasteiger partial charge in [0.15, 0.2) is 11.5 Å². The predicted molar refractivity (Wildman–Crippen MR) is 85.8 cm³/mol. The van der Waals surface area contributed by atoms with Crippen molar-refractivity contribution in [2.45, 2.75) is 26.4 Å². The van der Waals surface area contributed by atoms with Crippen LogP contribution in [0.3, 0.4) is 0 Å². The fourth-order valence-electron chi connectivity index (χ4n) is 3.41. The molecule has 1 N–H and O–H groups in total. The number of nitrogens with one attached hydrogen (secondary N) is 1. The summed E-state index contributed by atoms with van der Waals surface area (Å²) in [5.74, 6) is -0.497. The van der Waals surface area contributed by atoms with Crippen LogP contribution in [-0.4, -0.2) is 43.9 Å². The molecule has 2 atom stereocenters.